The highest BCUT2D eigenvalue weighted by Gasteiger charge is 2.15. The molecule has 2 rings (SSSR count). The molecular formula is C19H29ClNO3-. The molecule has 0 fully saturated rings. The number of ether oxygens (including phenoxy) is 2. The van der Waals surface area contributed by atoms with Gasteiger partial charge < -0.3 is 26.8 Å². The summed E-state index contributed by atoms with van der Waals surface area (Å²) >= 11 is 0. The summed E-state index contributed by atoms with van der Waals surface area (Å²) in [4.78, 5) is 14.9. The smallest absolute Gasteiger partial charge is 0.164 e. The van der Waals surface area contributed by atoms with Gasteiger partial charge >= 0.3 is 0 Å². The molecule has 0 radical (unpaired) electrons. The molecule has 0 spiro atoms. The highest BCUT2D eigenvalue weighted by atomic mass is 35.5. The molecule has 5 heteroatoms. The van der Waals surface area contributed by atoms with Crippen molar-refractivity contribution in [2.24, 2.45) is 0 Å². The van der Waals surface area contributed by atoms with E-state index >= 15 is 0 Å². The molecule has 136 valence electrons. The fourth-order valence-corrected chi connectivity index (χ4v) is 2.72. The highest BCUT2D eigenvalue weighted by molar-refractivity contribution is 5.96. The van der Waals surface area contributed by atoms with E-state index in [1.54, 1.807) is 0 Å². The van der Waals surface area contributed by atoms with Gasteiger partial charge in [-0.15, -0.1) is 0 Å². The molecule has 1 aromatic carbocycles. The summed E-state index contributed by atoms with van der Waals surface area (Å²) in [5, 5.41) is 0. The third-order valence-electron chi connectivity index (χ3n) is 4.18. The number of halogens is 1. The lowest BCUT2D eigenvalue weighted by Gasteiger charge is -2.22. The van der Waals surface area contributed by atoms with Crippen molar-refractivity contribution in [1.82, 2.24) is 4.90 Å². The van der Waals surface area contributed by atoms with Gasteiger partial charge in [-0.1, -0.05) is 26.7 Å². The lowest BCUT2D eigenvalue weighted by atomic mass is 10.1. The minimum Gasteiger partial charge on any atom is -1.00 e. The van der Waals surface area contributed by atoms with Crippen LogP contribution in [0.15, 0.2) is 18.2 Å². The Balaban J connectivity index is 0.00000288. The van der Waals surface area contributed by atoms with Gasteiger partial charge in [0.05, 0.1) is 0 Å². The van der Waals surface area contributed by atoms with Crippen LogP contribution in [0.4, 0.5) is 0 Å². The molecule has 0 bridgehead atoms. The van der Waals surface area contributed by atoms with Gasteiger partial charge in [0.2, 0.25) is 0 Å². The maximum Gasteiger partial charge on any atom is 0.164 e. The first-order valence-corrected chi connectivity index (χ1v) is 8.89. The number of hydrogen-bond donors (Lipinski definition) is 0. The van der Waals surface area contributed by atoms with Crippen molar-refractivity contribution in [2.75, 3.05) is 32.8 Å². The molecule has 1 aliphatic heterocycles. The van der Waals surface area contributed by atoms with Crippen molar-refractivity contribution in [2.45, 2.75) is 46.0 Å². The number of fused-ring (bicyclic) bond motifs is 1. The Hall–Kier alpha value is -1.26. The number of unbranched alkanes of at least 4 members (excludes halogenated alkanes) is 2. The molecule has 1 aliphatic rings. The molecule has 0 saturated heterocycles. The summed E-state index contributed by atoms with van der Waals surface area (Å²) in [7, 11) is 0. The number of Topliss-reactive ketones (excluding diaryl/α,β-unsaturated/α-hetero) is 1. The zero-order valence-corrected chi connectivity index (χ0v) is 15.6. The van der Waals surface area contributed by atoms with Crippen LogP contribution in [-0.4, -0.2) is 43.5 Å². The molecule has 0 unspecified atom stereocenters. The average molecular weight is 355 g/mol. The fraction of sp³-hybridized carbons (Fsp3) is 0.632. The van der Waals surface area contributed by atoms with Crippen LogP contribution in [0.5, 0.6) is 11.5 Å². The van der Waals surface area contributed by atoms with Gasteiger partial charge in [0.25, 0.3) is 0 Å². The first kappa shape index (κ1) is 20.8. The molecule has 0 amide bonds. The Kier molecular flexibility index (Phi) is 9.80. The van der Waals surface area contributed by atoms with E-state index in [1.165, 1.54) is 25.7 Å². The summed E-state index contributed by atoms with van der Waals surface area (Å²) in [5.74, 6) is 1.61. The number of hydrogen-bond acceptors (Lipinski definition) is 4. The SMILES string of the molecule is CCCCN(CCCC)CCC(=O)c1ccc2c(c1)OCCO2.[Cl-]. The number of carbonyl (C=O) groups excluding carboxylic acids is 1. The number of benzene rings is 1. The third-order valence-corrected chi connectivity index (χ3v) is 4.18. The lowest BCUT2D eigenvalue weighted by molar-refractivity contribution is -0.0000135. The predicted molar refractivity (Wildman–Crippen MR) is 92.6 cm³/mol. The minimum absolute atomic E-state index is 0. The van der Waals surface area contributed by atoms with Crippen molar-refractivity contribution in [3.63, 3.8) is 0 Å². The van der Waals surface area contributed by atoms with Crippen LogP contribution in [0.2, 0.25) is 0 Å². The van der Waals surface area contributed by atoms with Gasteiger partial charge in [-0.25, -0.2) is 0 Å². The van der Waals surface area contributed by atoms with Gasteiger partial charge in [-0.2, -0.15) is 0 Å². The van der Waals surface area contributed by atoms with Crippen molar-refractivity contribution in [1.29, 1.82) is 0 Å². The van der Waals surface area contributed by atoms with Gasteiger partial charge in [-0.3, -0.25) is 4.79 Å². The lowest BCUT2D eigenvalue weighted by Crippen LogP contribution is -3.00. The van der Waals surface area contributed by atoms with Crippen molar-refractivity contribution in [3.05, 3.63) is 23.8 Å². The zero-order valence-electron chi connectivity index (χ0n) is 14.9. The van der Waals surface area contributed by atoms with Crippen LogP contribution >= 0.6 is 0 Å². The van der Waals surface area contributed by atoms with Gasteiger partial charge in [-0.05, 0) is 44.1 Å². The minimum atomic E-state index is 0. The Morgan fingerprint density at radius 1 is 1.00 bits per heavy atom. The molecule has 1 aromatic rings. The number of nitrogens with zero attached hydrogens (tertiary/aromatic N) is 1. The largest absolute Gasteiger partial charge is 1.00 e. The summed E-state index contributed by atoms with van der Waals surface area (Å²) in [6.45, 7) is 8.55. The maximum atomic E-state index is 12.5. The van der Waals surface area contributed by atoms with Gasteiger partial charge in [0.1, 0.15) is 13.2 Å². The Morgan fingerprint density at radius 2 is 1.62 bits per heavy atom. The van der Waals surface area contributed by atoms with E-state index in [9.17, 15) is 4.79 Å². The molecular weight excluding hydrogens is 326 g/mol. The first-order valence-electron chi connectivity index (χ1n) is 8.89. The highest BCUT2D eigenvalue weighted by Crippen LogP contribution is 2.31. The van der Waals surface area contributed by atoms with Crippen LogP contribution in [0, 0.1) is 0 Å². The standard InChI is InChI=1S/C19H29NO3.ClH/c1-3-5-10-20(11-6-4-2)12-9-17(21)16-7-8-18-19(15-16)23-14-13-22-18;/h7-8,15H,3-6,9-14H2,1-2H3;1H/p-1. The molecule has 0 saturated carbocycles. The van der Waals surface area contributed by atoms with E-state index in [4.69, 9.17) is 9.47 Å². The Morgan fingerprint density at radius 3 is 2.25 bits per heavy atom. The topological polar surface area (TPSA) is 38.8 Å². The molecule has 0 aliphatic carbocycles. The second-order valence-electron chi connectivity index (χ2n) is 6.08. The van der Waals surface area contributed by atoms with Crippen LogP contribution in [0.25, 0.3) is 0 Å². The quantitative estimate of drug-likeness (QED) is 0.586. The maximum absolute atomic E-state index is 12.5. The molecule has 1 heterocycles. The normalized spacial score (nSPS) is 12.8. The van der Waals surface area contributed by atoms with Crippen molar-refractivity contribution >= 4 is 5.78 Å². The van der Waals surface area contributed by atoms with E-state index in [2.05, 4.69) is 18.7 Å². The van der Waals surface area contributed by atoms with E-state index in [1.807, 2.05) is 18.2 Å². The fourth-order valence-electron chi connectivity index (χ4n) is 2.72. The van der Waals surface area contributed by atoms with E-state index in [0.717, 1.165) is 30.9 Å². The predicted octanol–water partition coefficient (Wildman–Crippen LogP) is 0.937. The second kappa shape index (κ2) is 11.3. The summed E-state index contributed by atoms with van der Waals surface area (Å²) in [5.41, 5.74) is 0.722. The zero-order chi connectivity index (χ0) is 16.5. The van der Waals surface area contributed by atoms with Gasteiger partial charge in [0, 0.05) is 18.5 Å². The van der Waals surface area contributed by atoms with Gasteiger partial charge in [0.15, 0.2) is 17.3 Å². The van der Waals surface area contributed by atoms with Crippen molar-refractivity contribution < 1.29 is 26.7 Å². The van der Waals surface area contributed by atoms with E-state index < -0.39 is 0 Å². The van der Waals surface area contributed by atoms with Crippen LogP contribution in [0.3, 0.4) is 0 Å². The molecule has 0 atom stereocenters. The van der Waals surface area contributed by atoms with Crippen LogP contribution in [0.1, 0.15) is 56.3 Å². The molecule has 0 N–H and O–H groups in total. The average Bonchev–Trinajstić information content (AvgIpc) is 2.60. The van der Waals surface area contributed by atoms with Crippen LogP contribution < -0.4 is 21.9 Å². The second-order valence-corrected chi connectivity index (χ2v) is 6.08. The van der Waals surface area contributed by atoms with E-state index in [-0.39, 0.29) is 18.2 Å². The number of carbonyl (C=O) groups is 1. The molecule has 24 heavy (non-hydrogen) atoms. The molecule has 0 aromatic heterocycles. The number of ketones is 1. The first-order chi connectivity index (χ1) is 11.2. The summed E-state index contributed by atoms with van der Waals surface area (Å²) in [6, 6.07) is 5.51. The molecule has 4 nitrogen and oxygen atoms in total. The summed E-state index contributed by atoms with van der Waals surface area (Å²) in [6.07, 6.45) is 5.34. The Bertz CT molecular complexity index is 499. The number of rotatable bonds is 10. The van der Waals surface area contributed by atoms with Crippen LogP contribution in [-0.2, 0) is 0 Å². The summed E-state index contributed by atoms with van der Waals surface area (Å²) < 4.78 is 11.1. The Labute approximate surface area is 151 Å². The van der Waals surface area contributed by atoms with E-state index in [0.29, 0.717) is 25.4 Å². The third kappa shape index (κ3) is 6.33. The monoisotopic (exact) mass is 354 g/mol. The van der Waals surface area contributed by atoms with Crippen molar-refractivity contribution in [3.8, 4) is 11.5 Å².